The van der Waals surface area contributed by atoms with Gasteiger partial charge < -0.3 is 14.6 Å². The van der Waals surface area contributed by atoms with E-state index in [1.54, 1.807) is 54.5 Å². The zero-order valence-corrected chi connectivity index (χ0v) is 27.5. The van der Waals surface area contributed by atoms with E-state index in [0.717, 1.165) is 25.1 Å². The van der Waals surface area contributed by atoms with E-state index in [0.29, 0.717) is 41.6 Å². The molecule has 0 aliphatic carbocycles. The lowest BCUT2D eigenvalue weighted by Gasteiger charge is -2.19. The van der Waals surface area contributed by atoms with Gasteiger partial charge in [0.25, 0.3) is 0 Å². The first-order valence-electron chi connectivity index (χ1n) is 15.1. The molecule has 1 fully saturated rings. The second-order valence-electron chi connectivity index (χ2n) is 9.76. The van der Waals surface area contributed by atoms with Crippen LogP contribution in [0.15, 0.2) is 119 Å². The Labute approximate surface area is 275 Å². The maximum atomic E-state index is 13.5. The van der Waals surface area contributed by atoms with Crippen molar-refractivity contribution in [2.24, 2.45) is 4.99 Å². The van der Waals surface area contributed by atoms with Crippen LogP contribution in [0.3, 0.4) is 0 Å². The molecule has 2 aromatic carbocycles. The lowest BCUT2D eigenvalue weighted by Crippen LogP contribution is -2.32. The number of thioether (sulfide) groups is 1. The van der Waals surface area contributed by atoms with Crippen LogP contribution in [-0.4, -0.2) is 51.5 Å². The lowest BCUT2D eigenvalue weighted by atomic mass is 10.1. The number of halogens is 1. The van der Waals surface area contributed by atoms with Gasteiger partial charge in [0.15, 0.2) is 5.17 Å². The molecule has 1 aliphatic heterocycles. The number of furan rings is 1. The third kappa shape index (κ3) is 12.4. The predicted molar refractivity (Wildman–Crippen MR) is 185 cm³/mol. The SMILES string of the molecule is C/C=C(\C=C/CC1SC(=Nc2cccc(F)c2)N(Cc2ccco2)C1=O)NC=O.C=C.CCCN(CC)C(=O)Cc1ccccc1. The minimum absolute atomic E-state index is 0.100. The van der Waals surface area contributed by atoms with Crippen LogP contribution in [0.5, 0.6) is 0 Å². The summed E-state index contributed by atoms with van der Waals surface area (Å²) >= 11 is 1.32. The summed E-state index contributed by atoms with van der Waals surface area (Å²) in [5.41, 5.74) is 2.18. The largest absolute Gasteiger partial charge is 0.467 e. The van der Waals surface area contributed by atoms with Gasteiger partial charge in [-0.1, -0.05) is 67.2 Å². The summed E-state index contributed by atoms with van der Waals surface area (Å²) < 4.78 is 18.9. The third-order valence-corrected chi connectivity index (χ3v) is 7.76. The van der Waals surface area contributed by atoms with Crippen LogP contribution in [0, 0.1) is 5.82 Å². The van der Waals surface area contributed by atoms with Crippen LogP contribution in [0.4, 0.5) is 10.1 Å². The number of benzene rings is 2. The number of nitrogens with zero attached hydrogens (tertiary/aromatic N) is 3. The van der Waals surface area contributed by atoms with E-state index in [9.17, 15) is 18.8 Å². The zero-order valence-electron chi connectivity index (χ0n) is 26.7. The molecular formula is C36H43FN4O4S. The number of rotatable bonds is 13. The Morgan fingerprint density at radius 1 is 1.13 bits per heavy atom. The van der Waals surface area contributed by atoms with Crippen LogP contribution in [-0.2, 0) is 27.3 Å². The minimum Gasteiger partial charge on any atom is -0.467 e. The van der Waals surface area contributed by atoms with Gasteiger partial charge in [0.1, 0.15) is 11.6 Å². The van der Waals surface area contributed by atoms with E-state index in [-0.39, 0.29) is 29.4 Å². The number of amides is 3. The van der Waals surface area contributed by atoms with Crippen molar-refractivity contribution in [1.29, 1.82) is 0 Å². The number of carbonyl (C=O) groups is 3. The second-order valence-corrected chi connectivity index (χ2v) is 10.9. The topological polar surface area (TPSA) is 95.2 Å². The summed E-state index contributed by atoms with van der Waals surface area (Å²) in [6.07, 6.45) is 9.49. The Hall–Kier alpha value is -4.70. The number of allylic oxidation sites excluding steroid dienone is 3. The molecule has 3 aromatic rings. The molecule has 1 unspecified atom stereocenters. The summed E-state index contributed by atoms with van der Waals surface area (Å²) in [6, 6.07) is 19.4. The Kier molecular flexibility index (Phi) is 17.2. The van der Waals surface area contributed by atoms with Gasteiger partial charge in [-0.05, 0) is 68.7 Å². The van der Waals surface area contributed by atoms with Crippen molar-refractivity contribution in [3.8, 4) is 0 Å². The highest BCUT2D eigenvalue weighted by molar-refractivity contribution is 8.15. The summed E-state index contributed by atoms with van der Waals surface area (Å²) in [6.45, 7) is 13.8. The van der Waals surface area contributed by atoms with Crippen LogP contribution < -0.4 is 5.32 Å². The number of likely N-dealkylation sites (N-methyl/N-ethyl adjacent to an activating group) is 1. The predicted octanol–water partition coefficient (Wildman–Crippen LogP) is 7.44. The Morgan fingerprint density at radius 3 is 2.50 bits per heavy atom. The normalized spacial score (nSPS) is 15.2. The number of amidine groups is 1. The van der Waals surface area contributed by atoms with E-state index in [1.165, 1.54) is 23.9 Å². The average molecular weight is 647 g/mol. The Bertz CT molecular complexity index is 1460. The second kappa shape index (κ2) is 21.1. The molecule has 1 aromatic heterocycles. The molecule has 4 rings (SSSR count). The van der Waals surface area contributed by atoms with Gasteiger partial charge in [-0.2, -0.15) is 0 Å². The van der Waals surface area contributed by atoms with Crippen molar-refractivity contribution in [3.63, 3.8) is 0 Å². The molecule has 3 amide bonds. The monoisotopic (exact) mass is 646 g/mol. The fraction of sp³-hybridized carbons (Fsp3) is 0.278. The standard InChI is InChI=1S/C21H20FN3O3S.C13H19NO.C2H4/c1-2-16(23-14-26)7-4-10-19-20(27)25(13-18-9-5-11-28-18)21(29-19)24-17-8-3-6-15(22)12-17;1-3-10-14(4-2)13(15)11-12-8-6-5-7-9-12;1-2/h2-9,11-12,14,19H,10,13H2,1H3,(H,23,26);5-9H,3-4,10-11H2,1-2H3;1-2H2/b7-4-,16-2+,24-21?;;. The molecule has 0 saturated carbocycles. The number of carbonyl (C=O) groups excluding carboxylic acids is 3. The van der Waals surface area contributed by atoms with Crippen molar-refractivity contribution in [2.45, 2.75) is 51.8 Å². The Morgan fingerprint density at radius 2 is 1.89 bits per heavy atom. The first-order valence-corrected chi connectivity index (χ1v) is 16.0. The van der Waals surface area contributed by atoms with Gasteiger partial charge in [-0.25, -0.2) is 9.38 Å². The van der Waals surface area contributed by atoms with Crippen molar-refractivity contribution >= 4 is 40.8 Å². The Balaban J connectivity index is 0.000000365. The number of hydrogen-bond acceptors (Lipinski definition) is 6. The number of hydrogen-bond donors (Lipinski definition) is 1. The fourth-order valence-corrected chi connectivity index (χ4v) is 5.46. The fourth-order valence-electron chi connectivity index (χ4n) is 4.33. The molecule has 1 saturated heterocycles. The van der Waals surface area contributed by atoms with Crippen molar-refractivity contribution < 1.29 is 23.2 Å². The van der Waals surface area contributed by atoms with Crippen LogP contribution in [0.25, 0.3) is 0 Å². The van der Waals surface area contributed by atoms with Gasteiger partial charge in [0, 0.05) is 18.8 Å². The molecule has 46 heavy (non-hydrogen) atoms. The van der Waals surface area contributed by atoms with E-state index < -0.39 is 0 Å². The molecule has 1 aliphatic rings. The van der Waals surface area contributed by atoms with Crippen molar-refractivity contribution in [2.75, 3.05) is 13.1 Å². The first kappa shape index (κ1) is 37.5. The van der Waals surface area contributed by atoms with Crippen LogP contribution in [0.2, 0.25) is 0 Å². The molecule has 0 radical (unpaired) electrons. The molecular weight excluding hydrogens is 603 g/mol. The van der Waals surface area contributed by atoms with Crippen LogP contribution >= 0.6 is 11.8 Å². The molecule has 1 atom stereocenters. The van der Waals surface area contributed by atoms with Gasteiger partial charge in [0.05, 0.1) is 30.2 Å². The van der Waals surface area contributed by atoms with Gasteiger partial charge >= 0.3 is 0 Å². The van der Waals surface area contributed by atoms with E-state index in [1.807, 2.05) is 48.2 Å². The molecule has 1 N–H and O–H groups in total. The highest BCUT2D eigenvalue weighted by Crippen LogP contribution is 2.33. The number of nitrogens with one attached hydrogen (secondary N) is 1. The van der Waals surface area contributed by atoms with Crippen LogP contribution in [0.1, 0.15) is 44.9 Å². The highest BCUT2D eigenvalue weighted by Gasteiger charge is 2.37. The van der Waals surface area contributed by atoms with E-state index in [4.69, 9.17) is 4.42 Å². The molecule has 2 heterocycles. The molecule has 244 valence electrons. The smallest absolute Gasteiger partial charge is 0.242 e. The van der Waals surface area contributed by atoms with Gasteiger partial charge in [-0.3, -0.25) is 19.3 Å². The molecule has 0 spiro atoms. The highest BCUT2D eigenvalue weighted by atomic mass is 32.2. The summed E-state index contributed by atoms with van der Waals surface area (Å²) in [7, 11) is 0. The summed E-state index contributed by atoms with van der Waals surface area (Å²) in [5, 5.41) is 2.69. The van der Waals surface area contributed by atoms with Crippen molar-refractivity contribution in [1.82, 2.24) is 15.1 Å². The van der Waals surface area contributed by atoms with Gasteiger partial charge in [0.2, 0.25) is 18.2 Å². The van der Waals surface area contributed by atoms with E-state index in [2.05, 4.69) is 30.4 Å². The molecule has 10 heteroatoms. The molecule has 0 bridgehead atoms. The number of aliphatic imine (C=N–C) groups is 1. The summed E-state index contributed by atoms with van der Waals surface area (Å²) in [5.74, 6) is 0.371. The van der Waals surface area contributed by atoms with Crippen molar-refractivity contribution in [3.05, 3.63) is 127 Å². The lowest BCUT2D eigenvalue weighted by molar-refractivity contribution is -0.130. The van der Waals surface area contributed by atoms with E-state index >= 15 is 0 Å². The summed E-state index contributed by atoms with van der Waals surface area (Å²) in [4.78, 5) is 43.3. The third-order valence-electron chi connectivity index (χ3n) is 6.56. The quantitative estimate of drug-likeness (QED) is 0.118. The maximum Gasteiger partial charge on any atom is 0.242 e. The first-order chi connectivity index (χ1) is 22.4. The minimum atomic E-state index is -0.389. The maximum absolute atomic E-state index is 13.5. The zero-order chi connectivity index (χ0) is 33.7. The van der Waals surface area contributed by atoms with Gasteiger partial charge in [-0.15, -0.1) is 13.2 Å². The average Bonchev–Trinajstić information content (AvgIpc) is 3.69. The molecule has 8 nitrogen and oxygen atoms in total.